The van der Waals surface area contributed by atoms with Crippen molar-refractivity contribution in [1.29, 1.82) is 0 Å². The monoisotopic (exact) mass is 228 g/mol. The van der Waals surface area contributed by atoms with Gasteiger partial charge in [-0.3, -0.25) is 4.98 Å². The first-order valence-corrected chi connectivity index (χ1v) is 5.11. The minimum atomic E-state index is 0.801. The highest BCUT2D eigenvalue weighted by atomic mass is 16.5. The number of benzene rings is 1. The molecule has 1 heterocycles. The smallest absolute Gasteiger partial charge is 0.118 e. The Bertz CT molecular complexity index is 521. The fourth-order valence-electron chi connectivity index (χ4n) is 1.59. The van der Waals surface area contributed by atoms with Gasteiger partial charge in [0, 0.05) is 23.5 Å². The van der Waals surface area contributed by atoms with E-state index < -0.39 is 0 Å². The molecule has 86 valence electrons. The highest BCUT2D eigenvalue weighted by Gasteiger charge is 2.03. The Labute approximate surface area is 99.2 Å². The van der Waals surface area contributed by atoms with Crippen molar-refractivity contribution in [2.24, 2.45) is 5.16 Å². The molecule has 0 saturated carbocycles. The number of oxime groups is 1. The Morgan fingerprint density at radius 2 is 2.00 bits per heavy atom. The van der Waals surface area contributed by atoms with Crippen molar-refractivity contribution in [3.63, 3.8) is 0 Å². The molecule has 0 amide bonds. The third-order valence-corrected chi connectivity index (χ3v) is 2.45. The second-order valence-corrected chi connectivity index (χ2v) is 3.44. The number of hydrogen-bond acceptors (Lipinski definition) is 4. The molecule has 0 fully saturated rings. The maximum atomic E-state index is 8.60. The molecule has 2 rings (SSSR count). The van der Waals surface area contributed by atoms with Gasteiger partial charge < -0.3 is 9.94 Å². The maximum Gasteiger partial charge on any atom is 0.118 e. The fourth-order valence-corrected chi connectivity index (χ4v) is 1.59. The first-order valence-electron chi connectivity index (χ1n) is 5.11. The molecule has 17 heavy (non-hydrogen) atoms. The van der Waals surface area contributed by atoms with E-state index in [4.69, 9.17) is 9.94 Å². The highest BCUT2D eigenvalue weighted by molar-refractivity contribution is 5.89. The van der Waals surface area contributed by atoms with Crippen LogP contribution in [0.2, 0.25) is 0 Å². The molecule has 0 aliphatic heterocycles. The lowest BCUT2D eigenvalue weighted by molar-refractivity contribution is 0.322. The van der Waals surface area contributed by atoms with Crippen LogP contribution in [-0.4, -0.2) is 23.5 Å². The molecule has 1 aromatic carbocycles. The Hall–Kier alpha value is -2.36. The van der Waals surface area contributed by atoms with Gasteiger partial charge in [0.2, 0.25) is 0 Å². The van der Waals surface area contributed by atoms with Gasteiger partial charge in [0.1, 0.15) is 5.75 Å². The lowest BCUT2D eigenvalue weighted by Crippen LogP contribution is -1.90. The van der Waals surface area contributed by atoms with Crippen LogP contribution in [0.5, 0.6) is 5.75 Å². The van der Waals surface area contributed by atoms with Gasteiger partial charge in [-0.15, -0.1) is 0 Å². The van der Waals surface area contributed by atoms with Crippen LogP contribution >= 0.6 is 0 Å². The summed E-state index contributed by atoms with van der Waals surface area (Å²) in [5.41, 5.74) is 2.72. The van der Waals surface area contributed by atoms with Gasteiger partial charge in [-0.2, -0.15) is 0 Å². The zero-order chi connectivity index (χ0) is 12.1. The molecule has 0 atom stereocenters. The summed E-state index contributed by atoms with van der Waals surface area (Å²) in [6.45, 7) is 0. The lowest BCUT2D eigenvalue weighted by Gasteiger charge is -2.05. The Kier molecular flexibility index (Phi) is 3.35. The summed E-state index contributed by atoms with van der Waals surface area (Å²) in [4.78, 5) is 4.07. The van der Waals surface area contributed by atoms with Crippen molar-refractivity contribution in [2.75, 3.05) is 7.11 Å². The van der Waals surface area contributed by atoms with Crippen LogP contribution in [0.4, 0.5) is 0 Å². The third-order valence-electron chi connectivity index (χ3n) is 2.45. The summed E-state index contributed by atoms with van der Waals surface area (Å²) in [7, 11) is 1.63. The average Bonchev–Trinajstić information content (AvgIpc) is 2.40. The number of methoxy groups -OCH3 is 1. The molecule has 0 saturated heterocycles. The average molecular weight is 228 g/mol. The molecular weight excluding hydrogens is 216 g/mol. The van der Waals surface area contributed by atoms with Gasteiger partial charge in [0.25, 0.3) is 0 Å². The molecule has 0 aliphatic carbocycles. The maximum absolute atomic E-state index is 8.60. The molecule has 4 heteroatoms. The van der Waals surface area contributed by atoms with Crippen molar-refractivity contribution < 1.29 is 9.94 Å². The minimum absolute atomic E-state index is 0.801. The molecular formula is C13H12N2O2. The van der Waals surface area contributed by atoms with Crippen molar-refractivity contribution in [3.05, 3.63) is 48.3 Å². The van der Waals surface area contributed by atoms with Crippen molar-refractivity contribution in [1.82, 2.24) is 4.98 Å². The third kappa shape index (κ3) is 2.42. The molecule has 0 unspecified atom stereocenters. The van der Waals surface area contributed by atoms with Crippen LogP contribution in [0, 0.1) is 0 Å². The van der Waals surface area contributed by atoms with E-state index in [1.165, 1.54) is 6.21 Å². The molecule has 0 aliphatic rings. The van der Waals surface area contributed by atoms with E-state index >= 15 is 0 Å². The van der Waals surface area contributed by atoms with Crippen molar-refractivity contribution in [3.8, 4) is 16.9 Å². The summed E-state index contributed by atoms with van der Waals surface area (Å²) in [5, 5.41) is 11.7. The Morgan fingerprint density at radius 1 is 1.24 bits per heavy atom. The summed E-state index contributed by atoms with van der Waals surface area (Å²) < 4.78 is 5.10. The molecule has 0 bridgehead atoms. The van der Waals surface area contributed by atoms with Crippen LogP contribution < -0.4 is 4.74 Å². The standard InChI is InChI=1S/C13H12N2O2/c1-17-12-4-2-10(3-5-12)13-9-14-7-6-11(13)8-15-16/h2-9,16H,1H3/b15-8+. The van der Waals surface area contributed by atoms with Crippen LogP contribution in [0.3, 0.4) is 0 Å². The normalized spacial score (nSPS) is 10.6. The van der Waals surface area contributed by atoms with Crippen LogP contribution in [0.25, 0.3) is 11.1 Å². The van der Waals surface area contributed by atoms with Crippen molar-refractivity contribution in [2.45, 2.75) is 0 Å². The number of hydrogen-bond donors (Lipinski definition) is 1. The Morgan fingerprint density at radius 3 is 2.65 bits per heavy atom. The van der Waals surface area contributed by atoms with E-state index in [-0.39, 0.29) is 0 Å². The summed E-state index contributed by atoms with van der Waals surface area (Å²) in [6, 6.07) is 9.42. The number of pyridine rings is 1. The molecule has 1 aromatic heterocycles. The summed E-state index contributed by atoms with van der Waals surface area (Å²) >= 11 is 0. The molecule has 2 aromatic rings. The largest absolute Gasteiger partial charge is 0.497 e. The summed E-state index contributed by atoms with van der Waals surface area (Å²) in [6.07, 6.45) is 4.78. The van der Waals surface area contributed by atoms with Crippen LogP contribution in [0.15, 0.2) is 47.9 Å². The number of nitrogens with zero attached hydrogens (tertiary/aromatic N) is 2. The highest BCUT2D eigenvalue weighted by Crippen LogP contribution is 2.23. The minimum Gasteiger partial charge on any atom is -0.497 e. The zero-order valence-corrected chi connectivity index (χ0v) is 9.37. The van der Waals surface area contributed by atoms with Crippen LogP contribution in [-0.2, 0) is 0 Å². The number of aromatic nitrogens is 1. The van der Waals surface area contributed by atoms with Gasteiger partial charge in [0.15, 0.2) is 0 Å². The van der Waals surface area contributed by atoms with Crippen molar-refractivity contribution >= 4 is 6.21 Å². The topological polar surface area (TPSA) is 54.7 Å². The van der Waals surface area contributed by atoms with Gasteiger partial charge in [-0.05, 0) is 23.8 Å². The molecule has 4 nitrogen and oxygen atoms in total. The second kappa shape index (κ2) is 5.12. The summed E-state index contributed by atoms with van der Waals surface area (Å²) in [5.74, 6) is 0.801. The predicted octanol–water partition coefficient (Wildman–Crippen LogP) is 2.57. The zero-order valence-electron chi connectivity index (χ0n) is 9.37. The van der Waals surface area contributed by atoms with E-state index in [1.807, 2.05) is 24.3 Å². The van der Waals surface area contributed by atoms with Gasteiger partial charge >= 0.3 is 0 Å². The van der Waals surface area contributed by atoms with E-state index in [0.717, 1.165) is 22.4 Å². The fraction of sp³-hybridized carbons (Fsp3) is 0.0769. The van der Waals surface area contributed by atoms with Gasteiger partial charge in [-0.1, -0.05) is 17.3 Å². The SMILES string of the molecule is COc1ccc(-c2cnccc2/C=N/O)cc1. The lowest BCUT2D eigenvalue weighted by atomic mass is 10.0. The first-order chi connectivity index (χ1) is 8.35. The van der Waals surface area contributed by atoms with E-state index in [9.17, 15) is 0 Å². The quantitative estimate of drug-likeness (QED) is 0.499. The molecule has 0 spiro atoms. The van der Waals surface area contributed by atoms with Gasteiger partial charge in [-0.25, -0.2) is 0 Å². The number of ether oxygens (including phenoxy) is 1. The molecule has 0 radical (unpaired) electrons. The first kappa shape index (κ1) is 11.1. The van der Waals surface area contributed by atoms with Crippen LogP contribution in [0.1, 0.15) is 5.56 Å². The number of rotatable bonds is 3. The predicted molar refractivity (Wildman–Crippen MR) is 65.6 cm³/mol. The van der Waals surface area contributed by atoms with E-state index in [0.29, 0.717) is 0 Å². The van der Waals surface area contributed by atoms with E-state index in [2.05, 4.69) is 10.1 Å². The van der Waals surface area contributed by atoms with Gasteiger partial charge in [0.05, 0.1) is 13.3 Å². The molecule has 1 N–H and O–H groups in total. The Balaban J connectivity index is 2.44. The van der Waals surface area contributed by atoms with E-state index in [1.54, 1.807) is 25.6 Å². The second-order valence-electron chi connectivity index (χ2n) is 3.44.